The van der Waals surface area contributed by atoms with Crippen molar-refractivity contribution in [3.05, 3.63) is 84.1 Å². The van der Waals surface area contributed by atoms with Gasteiger partial charge in [-0.1, -0.05) is 60.2 Å². The number of benzene rings is 3. The van der Waals surface area contributed by atoms with E-state index in [0.717, 1.165) is 33.0 Å². The smallest absolute Gasteiger partial charge is 0.0828 e. The van der Waals surface area contributed by atoms with E-state index in [1.54, 1.807) is 0 Å². The molecule has 5 rings (SSSR count). The second-order valence-corrected chi connectivity index (χ2v) is 6.81. The van der Waals surface area contributed by atoms with Gasteiger partial charge in [0, 0.05) is 27.4 Å². The largest absolute Gasteiger partial charge is 0.252 e. The zero-order valence-corrected chi connectivity index (χ0v) is 14.8. The molecule has 2 heteroatoms. The van der Waals surface area contributed by atoms with Crippen molar-refractivity contribution in [2.75, 3.05) is 0 Å². The molecule has 0 saturated heterocycles. The molecule has 0 fully saturated rings. The first-order chi connectivity index (χ1) is 12.7. The maximum atomic E-state index is 5.05. The van der Waals surface area contributed by atoms with Gasteiger partial charge in [-0.15, -0.1) is 0 Å². The second kappa shape index (κ2) is 5.63. The van der Waals surface area contributed by atoms with E-state index < -0.39 is 0 Å². The van der Waals surface area contributed by atoms with Crippen molar-refractivity contribution >= 4 is 32.7 Å². The summed E-state index contributed by atoms with van der Waals surface area (Å²) in [6.45, 7) is 4.22. The van der Waals surface area contributed by atoms with Crippen LogP contribution in [0.5, 0.6) is 0 Å². The minimum atomic E-state index is 0.996. The van der Waals surface area contributed by atoms with Gasteiger partial charge in [-0.3, -0.25) is 4.98 Å². The summed E-state index contributed by atoms with van der Waals surface area (Å²) in [4.78, 5) is 9.93. The lowest BCUT2D eigenvalue weighted by molar-refractivity contribution is 1.28. The van der Waals surface area contributed by atoms with Crippen molar-refractivity contribution in [3.63, 3.8) is 0 Å². The fourth-order valence-corrected chi connectivity index (χ4v) is 3.84. The minimum Gasteiger partial charge on any atom is -0.252 e. The monoisotopic (exact) mass is 334 g/mol. The zero-order chi connectivity index (χ0) is 17.7. The summed E-state index contributed by atoms with van der Waals surface area (Å²) in [5.74, 6) is 0. The van der Waals surface area contributed by atoms with E-state index in [2.05, 4.69) is 80.6 Å². The van der Waals surface area contributed by atoms with E-state index in [9.17, 15) is 0 Å². The molecular formula is C24H18N2. The Labute approximate surface area is 152 Å². The number of rotatable bonds is 1. The fourth-order valence-electron chi connectivity index (χ4n) is 3.84. The van der Waals surface area contributed by atoms with Crippen molar-refractivity contribution in [2.24, 2.45) is 0 Å². The number of hydrogen-bond acceptors (Lipinski definition) is 2. The van der Waals surface area contributed by atoms with Gasteiger partial charge in [-0.2, -0.15) is 0 Å². The van der Waals surface area contributed by atoms with E-state index in [4.69, 9.17) is 9.97 Å². The highest BCUT2D eigenvalue weighted by Crippen LogP contribution is 2.38. The molecule has 0 atom stereocenters. The average molecular weight is 334 g/mol. The van der Waals surface area contributed by atoms with Crippen LogP contribution in [0.2, 0.25) is 0 Å². The summed E-state index contributed by atoms with van der Waals surface area (Å²) in [7, 11) is 0. The normalized spacial score (nSPS) is 11.5. The third-order valence-corrected chi connectivity index (χ3v) is 5.01. The van der Waals surface area contributed by atoms with Gasteiger partial charge in [0.2, 0.25) is 0 Å². The van der Waals surface area contributed by atoms with Crippen molar-refractivity contribution < 1.29 is 0 Å². The van der Waals surface area contributed by atoms with Crippen LogP contribution in [0.25, 0.3) is 43.8 Å². The predicted octanol–water partition coefficient (Wildman–Crippen LogP) is 6.22. The Hall–Kier alpha value is -3.26. The summed E-state index contributed by atoms with van der Waals surface area (Å²) in [6.07, 6.45) is 0. The van der Waals surface area contributed by atoms with Crippen LogP contribution in [0, 0.1) is 13.8 Å². The summed E-state index contributed by atoms with van der Waals surface area (Å²) >= 11 is 0. The van der Waals surface area contributed by atoms with E-state index in [1.165, 1.54) is 22.1 Å². The van der Waals surface area contributed by atoms with Crippen molar-refractivity contribution in [3.8, 4) is 11.1 Å². The maximum Gasteiger partial charge on any atom is 0.0828 e. The van der Waals surface area contributed by atoms with Crippen LogP contribution < -0.4 is 0 Å². The molecule has 0 aliphatic carbocycles. The van der Waals surface area contributed by atoms with Gasteiger partial charge in [0.05, 0.1) is 16.6 Å². The molecular weight excluding hydrogens is 316 g/mol. The van der Waals surface area contributed by atoms with Crippen LogP contribution in [0.15, 0.2) is 72.8 Å². The van der Waals surface area contributed by atoms with Crippen LogP contribution in [0.3, 0.4) is 0 Å². The molecule has 0 N–H and O–H groups in total. The minimum absolute atomic E-state index is 0.996. The molecule has 0 bridgehead atoms. The first-order valence-corrected chi connectivity index (χ1v) is 8.87. The van der Waals surface area contributed by atoms with Crippen molar-refractivity contribution in [2.45, 2.75) is 13.8 Å². The lowest BCUT2D eigenvalue weighted by Gasteiger charge is -2.15. The third-order valence-electron chi connectivity index (χ3n) is 5.01. The topological polar surface area (TPSA) is 25.8 Å². The van der Waals surface area contributed by atoms with E-state index in [0.29, 0.717) is 0 Å². The molecule has 0 unspecified atom stereocenters. The van der Waals surface area contributed by atoms with E-state index in [-0.39, 0.29) is 0 Å². The quantitative estimate of drug-likeness (QED) is 0.269. The summed E-state index contributed by atoms with van der Waals surface area (Å²) in [5, 5.41) is 3.43. The molecule has 5 aromatic rings. The van der Waals surface area contributed by atoms with Crippen LogP contribution in [-0.4, -0.2) is 9.97 Å². The highest BCUT2D eigenvalue weighted by Gasteiger charge is 2.16. The van der Waals surface area contributed by atoms with Gasteiger partial charge in [0.15, 0.2) is 0 Å². The fraction of sp³-hybridized carbons (Fsp3) is 0.0833. The zero-order valence-electron chi connectivity index (χ0n) is 14.8. The Morgan fingerprint density at radius 3 is 2.23 bits per heavy atom. The Morgan fingerprint density at radius 2 is 1.38 bits per heavy atom. The molecule has 0 aliphatic heterocycles. The molecule has 2 nitrogen and oxygen atoms in total. The number of hydrogen-bond donors (Lipinski definition) is 0. The van der Waals surface area contributed by atoms with Crippen molar-refractivity contribution in [1.82, 2.24) is 9.97 Å². The first kappa shape index (κ1) is 15.0. The van der Waals surface area contributed by atoms with E-state index in [1.807, 2.05) is 6.07 Å². The van der Waals surface area contributed by atoms with Gasteiger partial charge in [-0.25, -0.2) is 4.98 Å². The molecule has 124 valence electrons. The highest BCUT2D eigenvalue weighted by molar-refractivity contribution is 6.17. The summed E-state index contributed by atoms with van der Waals surface area (Å²) in [6, 6.07) is 25.3. The van der Waals surface area contributed by atoms with Gasteiger partial charge < -0.3 is 0 Å². The molecule has 26 heavy (non-hydrogen) atoms. The standard InChI is InChI=1S/C24H18N2/c1-15-12-13-21-19(14-15)23(17-8-4-3-5-9-17)22-16(2)25-20-11-7-6-10-18(20)24(22)26-21/h3-14H,1-2H3. The number of para-hydroxylation sites is 1. The molecule has 0 saturated carbocycles. The molecule has 0 spiro atoms. The Morgan fingerprint density at radius 1 is 0.654 bits per heavy atom. The Bertz CT molecular complexity index is 1290. The lowest BCUT2D eigenvalue weighted by Crippen LogP contribution is -1.95. The third kappa shape index (κ3) is 2.19. The van der Waals surface area contributed by atoms with Crippen molar-refractivity contribution in [1.29, 1.82) is 0 Å². The van der Waals surface area contributed by atoms with Gasteiger partial charge in [0.25, 0.3) is 0 Å². The Balaban J connectivity index is 2.09. The number of nitrogens with zero attached hydrogens (tertiary/aromatic N) is 2. The van der Waals surface area contributed by atoms with Crippen LogP contribution in [0.1, 0.15) is 11.3 Å². The van der Waals surface area contributed by atoms with Crippen LogP contribution >= 0.6 is 0 Å². The average Bonchev–Trinajstić information content (AvgIpc) is 2.67. The maximum absolute atomic E-state index is 5.05. The number of pyridine rings is 2. The van der Waals surface area contributed by atoms with Gasteiger partial charge in [0.1, 0.15) is 0 Å². The molecule has 0 radical (unpaired) electrons. The Kier molecular flexibility index (Phi) is 3.26. The second-order valence-electron chi connectivity index (χ2n) is 6.81. The van der Waals surface area contributed by atoms with E-state index >= 15 is 0 Å². The van der Waals surface area contributed by atoms with Crippen LogP contribution in [0.4, 0.5) is 0 Å². The lowest BCUT2D eigenvalue weighted by atomic mass is 9.93. The number of aromatic nitrogens is 2. The highest BCUT2D eigenvalue weighted by atomic mass is 14.7. The predicted molar refractivity (Wildman–Crippen MR) is 109 cm³/mol. The first-order valence-electron chi connectivity index (χ1n) is 8.87. The van der Waals surface area contributed by atoms with Gasteiger partial charge in [-0.05, 0) is 37.6 Å². The summed E-state index contributed by atoms with van der Waals surface area (Å²) < 4.78 is 0. The molecule has 2 heterocycles. The molecule has 0 amide bonds. The molecule has 2 aromatic heterocycles. The number of fused-ring (bicyclic) bond motifs is 4. The summed E-state index contributed by atoms with van der Waals surface area (Å²) in [5.41, 5.74) is 7.74. The van der Waals surface area contributed by atoms with Crippen LogP contribution in [-0.2, 0) is 0 Å². The molecule has 3 aromatic carbocycles. The SMILES string of the molecule is Cc1ccc2nc3c(c(C)nc4ccccc43)c(-c3ccccc3)c2c1. The molecule has 0 aliphatic rings. The van der Waals surface area contributed by atoms with Gasteiger partial charge >= 0.3 is 0 Å². The number of aryl methyl sites for hydroxylation is 2.